The lowest BCUT2D eigenvalue weighted by Gasteiger charge is -2.19. The van der Waals surface area contributed by atoms with Crippen molar-refractivity contribution in [2.24, 2.45) is 0 Å². The number of nitrogens with zero attached hydrogens (tertiary/aromatic N) is 1. The molecule has 0 bridgehead atoms. The van der Waals surface area contributed by atoms with Crippen LogP contribution in [0.1, 0.15) is 24.8 Å². The topological polar surface area (TPSA) is 62.5 Å². The van der Waals surface area contributed by atoms with Crippen molar-refractivity contribution in [1.29, 1.82) is 5.26 Å². The summed E-state index contributed by atoms with van der Waals surface area (Å²) in [4.78, 5) is 0. The second-order valence-corrected chi connectivity index (χ2v) is 3.67. The lowest BCUT2D eigenvalue weighted by atomic mass is 9.92. The maximum Gasteiger partial charge on any atom is 0.165 e. The molecule has 0 aliphatic carbocycles. The van der Waals surface area contributed by atoms with Crippen LogP contribution in [0.4, 0.5) is 0 Å². The number of benzene rings is 1. The van der Waals surface area contributed by atoms with E-state index in [4.69, 9.17) is 14.7 Å². The Kier molecular flexibility index (Phi) is 4.80. The second kappa shape index (κ2) is 6.12. The van der Waals surface area contributed by atoms with E-state index in [0.717, 1.165) is 0 Å². The summed E-state index contributed by atoms with van der Waals surface area (Å²) in [7, 11) is 3.06. The van der Waals surface area contributed by atoms with Gasteiger partial charge in [0, 0.05) is 5.56 Å². The van der Waals surface area contributed by atoms with E-state index in [9.17, 15) is 5.11 Å². The Balaban J connectivity index is 3.24. The SMILES string of the molecule is CCC(O)C(C#N)c1cccc(OC)c1OC. The monoisotopic (exact) mass is 235 g/mol. The molecule has 0 spiro atoms. The Morgan fingerprint density at radius 3 is 2.53 bits per heavy atom. The number of methoxy groups -OCH3 is 2. The molecular weight excluding hydrogens is 218 g/mol. The fourth-order valence-electron chi connectivity index (χ4n) is 1.76. The van der Waals surface area contributed by atoms with Crippen molar-refractivity contribution in [1.82, 2.24) is 0 Å². The summed E-state index contributed by atoms with van der Waals surface area (Å²) in [5.41, 5.74) is 0.656. The van der Waals surface area contributed by atoms with Crippen molar-refractivity contribution in [3.05, 3.63) is 23.8 Å². The third-order valence-corrected chi connectivity index (χ3v) is 2.71. The minimum absolute atomic E-state index is 0.508. The zero-order valence-corrected chi connectivity index (χ0v) is 10.3. The van der Waals surface area contributed by atoms with Crippen LogP contribution in [0, 0.1) is 11.3 Å². The first-order chi connectivity index (χ1) is 8.19. The first-order valence-corrected chi connectivity index (χ1v) is 5.48. The maximum atomic E-state index is 9.84. The molecule has 2 atom stereocenters. The second-order valence-electron chi connectivity index (χ2n) is 3.67. The van der Waals surface area contributed by atoms with Crippen LogP contribution in [0.15, 0.2) is 18.2 Å². The molecule has 1 aromatic rings. The predicted molar refractivity (Wildman–Crippen MR) is 64.2 cm³/mol. The molecular formula is C13H17NO3. The van der Waals surface area contributed by atoms with Gasteiger partial charge in [0.1, 0.15) is 5.92 Å². The predicted octanol–water partition coefficient (Wildman–Crippen LogP) is 2.08. The molecule has 4 heteroatoms. The number of hydrogen-bond acceptors (Lipinski definition) is 4. The van der Waals surface area contributed by atoms with Gasteiger partial charge in [-0.2, -0.15) is 5.26 Å². The molecule has 4 nitrogen and oxygen atoms in total. The fraction of sp³-hybridized carbons (Fsp3) is 0.462. The van der Waals surface area contributed by atoms with Gasteiger partial charge in [0.05, 0.1) is 26.4 Å². The molecule has 1 N–H and O–H groups in total. The average molecular weight is 235 g/mol. The first-order valence-electron chi connectivity index (χ1n) is 5.48. The van der Waals surface area contributed by atoms with Crippen LogP contribution in [0.25, 0.3) is 0 Å². The number of rotatable bonds is 5. The lowest BCUT2D eigenvalue weighted by molar-refractivity contribution is 0.155. The van der Waals surface area contributed by atoms with Crippen LogP contribution < -0.4 is 9.47 Å². The van der Waals surface area contributed by atoms with Crippen LogP contribution in [-0.4, -0.2) is 25.4 Å². The molecule has 92 valence electrons. The lowest BCUT2D eigenvalue weighted by Crippen LogP contribution is -2.16. The zero-order valence-electron chi connectivity index (χ0n) is 10.3. The van der Waals surface area contributed by atoms with Gasteiger partial charge in [0.2, 0.25) is 0 Å². The van der Waals surface area contributed by atoms with E-state index in [0.29, 0.717) is 23.5 Å². The van der Waals surface area contributed by atoms with Gasteiger partial charge in [-0.25, -0.2) is 0 Å². The summed E-state index contributed by atoms with van der Waals surface area (Å²) in [5.74, 6) is 0.465. The summed E-state index contributed by atoms with van der Waals surface area (Å²) < 4.78 is 10.4. The van der Waals surface area contributed by atoms with Crippen molar-refractivity contribution in [2.75, 3.05) is 14.2 Å². The molecule has 0 amide bonds. The third-order valence-electron chi connectivity index (χ3n) is 2.71. The van der Waals surface area contributed by atoms with E-state index in [1.54, 1.807) is 25.3 Å². The molecule has 1 aromatic carbocycles. The minimum atomic E-state index is -0.707. The molecule has 0 fully saturated rings. The summed E-state index contributed by atoms with van der Waals surface area (Å²) in [6.45, 7) is 1.83. The Morgan fingerprint density at radius 2 is 2.06 bits per heavy atom. The van der Waals surface area contributed by atoms with E-state index >= 15 is 0 Å². The maximum absolute atomic E-state index is 9.84. The normalized spacial score (nSPS) is 13.6. The average Bonchev–Trinajstić information content (AvgIpc) is 2.38. The number of para-hydroxylation sites is 1. The quantitative estimate of drug-likeness (QED) is 0.848. The molecule has 0 saturated carbocycles. The van der Waals surface area contributed by atoms with E-state index in [1.807, 2.05) is 6.92 Å². The smallest absolute Gasteiger partial charge is 0.165 e. The highest BCUT2D eigenvalue weighted by Gasteiger charge is 2.24. The summed E-state index contributed by atoms with van der Waals surface area (Å²) in [5, 5.41) is 19.0. The van der Waals surface area contributed by atoms with Crippen molar-refractivity contribution >= 4 is 0 Å². The Bertz CT molecular complexity index is 412. The van der Waals surface area contributed by atoms with E-state index in [2.05, 4.69) is 6.07 Å². The molecule has 0 radical (unpaired) electrons. The third kappa shape index (κ3) is 2.69. The van der Waals surface area contributed by atoms with E-state index < -0.39 is 12.0 Å². The van der Waals surface area contributed by atoms with Crippen molar-refractivity contribution in [3.8, 4) is 17.6 Å². The molecule has 0 aliphatic rings. The highest BCUT2D eigenvalue weighted by Crippen LogP contribution is 2.36. The molecule has 0 aromatic heterocycles. The van der Waals surface area contributed by atoms with Crippen molar-refractivity contribution < 1.29 is 14.6 Å². The number of aliphatic hydroxyl groups excluding tert-OH is 1. The highest BCUT2D eigenvalue weighted by atomic mass is 16.5. The molecule has 0 saturated heterocycles. The van der Waals surface area contributed by atoms with Gasteiger partial charge in [-0.15, -0.1) is 0 Å². The molecule has 0 heterocycles. The van der Waals surface area contributed by atoms with E-state index in [-0.39, 0.29) is 0 Å². The van der Waals surface area contributed by atoms with Crippen molar-refractivity contribution in [3.63, 3.8) is 0 Å². The number of aliphatic hydroxyl groups is 1. The largest absolute Gasteiger partial charge is 0.493 e. The fourth-order valence-corrected chi connectivity index (χ4v) is 1.76. The molecule has 1 rings (SSSR count). The molecule has 0 aliphatic heterocycles. The van der Waals surface area contributed by atoms with Gasteiger partial charge >= 0.3 is 0 Å². The number of ether oxygens (including phenoxy) is 2. The Labute approximate surface area is 101 Å². The van der Waals surface area contributed by atoms with E-state index in [1.165, 1.54) is 7.11 Å². The van der Waals surface area contributed by atoms with Gasteiger partial charge in [-0.05, 0) is 12.5 Å². The van der Waals surface area contributed by atoms with Gasteiger partial charge in [-0.3, -0.25) is 0 Å². The van der Waals surface area contributed by atoms with Gasteiger partial charge < -0.3 is 14.6 Å². The summed E-state index contributed by atoms with van der Waals surface area (Å²) in [6, 6.07) is 7.42. The van der Waals surface area contributed by atoms with Crippen LogP contribution >= 0.6 is 0 Å². The standard InChI is InChI=1S/C13H17NO3/c1-4-11(15)10(8-14)9-6-5-7-12(16-2)13(9)17-3/h5-7,10-11,15H,4H2,1-3H3. The van der Waals surface area contributed by atoms with Crippen LogP contribution in [-0.2, 0) is 0 Å². The van der Waals surface area contributed by atoms with Gasteiger partial charge in [0.15, 0.2) is 11.5 Å². The Morgan fingerprint density at radius 1 is 1.35 bits per heavy atom. The zero-order chi connectivity index (χ0) is 12.8. The summed E-state index contributed by atoms with van der Waals surface area (Å²) in [6.07, 6.45) is -0.195. The van der Waals surface area contributed by atoms with Crippen LogP contribution in [0.2, 0.25) is 0 Å². The molecule has 2 unspecified atom stereocenters. The number of hydrogen-bond donors (Lipinski definition) is 1. The Hall–Kier alpha value is -1.73. The molecule has 17 heavy (non-hydrogen) atoms. The summed E-state index contributed by atoms with van der Waals surface area (Å²) >= 11 is 0. The minimum Gasteiger partial charge on any atom is -0.493 e. The van der Waals surface area contributed by atoms with Crippen molar-refractivity contribution in [2.45, 2.75) is 25.4 Å². The number of nitriles is 1. The van der Waals surface area contributed by atoms with Crippen LogP contribution in [0.3, 0.4) is 0 Å². The van der Waals surface area contributed by atoms with Gasteiger partial charge in [-0.1, -0.05) is 19.1 Å². The first kappa shape index (κ1) is 13.3. The van der Waals surface area contributed by atoms with Gasteiger partial charge in [0.25, 0.3) is 0 Å². The highest BCUT2D eigenvalue weighted by molar-refractivity contribution is 5.50. The van der Waals surface area contributed by atoms with Crippen LogP contribution in [0.5, 0.6) is 11.5 Å².